The van der Waals surface area contributed by atoms with Crippen molar-refractivity contribution in [2.24, 2.45) is 0 Å². The number of pyridine rings is 1. The number of benzene rings is 2. The number of anilines is 1. The third-order valence-electron chi connectivity index (χ3n) is 7.30. The zero-order valence-corrected chi connectivity index (χ0v) is 24.5. The van der Waals surface area contributed by atoms with Gasteiger partial charge in [-0.15, -0.1) is 23.1 Å². The molecule has 2 N–H and O–H groups in total. The molecular weight excluding hydrogens is 571 g/mol. The van der Waals surface area contributed by atoms with Crippen LogP contribution in [-0.4, -0.2) is 50.6 Å². The second-order valence-corrected chi connectivity index (χ2v) is 12.6. The van der Waals surface area contributed by atoms with E-state index >= 15 is 0 Å². The Hall–Kier alpha value is -4.22. The molecule has 6 rings (SSSR count). The molecule has 42 heavy (non-hydrogen) atoms. The minimum atomic E-state index is -0.833. The number of thioether (sulfide) groups is 1. The lowest BCUT2D eigenvalue weighted by Gasteiger charge is -2.36. The largest absolute Gasteiger partial charge is 0.444 e. The molecule has 1 saturated carbocycles. The fraction of sp³-hybridized carbons (Fsp3) is 0.258. The van der Waals surface area contributed by atoms with Gasteiger partial charge in [-0.25, -0.2) is 9.78 Å². The van der Waals surface area contributed by atoms with Crippen LogP contribution in [0.2, 0.25) is 0 Å². The van der Waals surface area contributed by atoms with Crippen LogP contribution < -0.4 is 10.6 Å². The second kappa shape index (κ2) is 11.9. The van der Waals surface area contributed by atoms with Gasteiger partial charge in [-0.3, -0.25) is 19.5 Å². The summed E-state index contributed by atoms with van der Waals surface area (Å²) in [5.41, 5.74) is 3.83. The SMILES string of the molecule is CC1(c2ccncc2)SCC(C(=O)Nc2nc(-c3ccc(C(=O)NC4CC4)cc3)cs2)N1C(=O)OCc1ccccc1. The molecule has 1 saturated heterocycles. The van der Waals surface area contributed by atoms with Crippen molar-refractivity contribution in [3.8, 4) is 11.3 Å². The van der Waals surface area contributed by atoms with Gasteiger partial charge in [0, 0.05) is 40.7 Å². The number of ether oxygens (including phenoxy) is 1. The predicted molar refractivity (Wildman–Crippen MR) is 163 cm³/mol. The monoisotopic (exact) mass is 599 g/mol. The Morgan fingerprint density at radius 1 is 1.02 bits per heavy atom. The molecule has 11 heteroatoms. The molecule has 214 valence electrons. The Morgan fingerprint density at radius 3 is 2.48 bits per heavy atom. The summed E-state index contributed by atoms with van der Waals surface area (Å²) >= 11 is 2.80. The van der Waals surface area contributed by atoms with E-state index in [0.717, 1.165) is 29.5 Å². The maximum Gasteiger partial charge on any atom is 0.412 e. The first-order valence-corrected chi connectivity index (χ1v) is 15.5. The van der Waals surface area contributed by atoms with Crippen molar-refractivity contribution in [1.29, 1.82) is 0 Å². The van der Waals surface area contributed by atoms with Gasteiger partial charge in [0.1, 0.15) is 17.5 Å². The van der Waals surface area contributed by atoms with Crippen LogP contribution in [0.4, 0.5) is 9.93 Å². The number of rotatable bonds is 8. The van der Waals surface area contributed by atoms with Gasteiger partial charge in [0.2, 0.25) is 5.91 Å². The van der Waals surface area contributed by atoms with Crippen molar-refractivity contribution in [1.82, 2.24) is 20.2 Å². The first-order chi connectivity index (χ1) is 20.4. The molecule has 1 aliphatic carbocycles. The van der Waals surface area contributed by atoms with Crippen LogP contribution in [-0.2, 0) is 21.0 Å². The van der Waals surface area contributed by atoms with Crippen molar-refractivity contribution in [2.75, 3.05) is 11.1 Å². The molecule has 2 atom stereocenters. The summed E-state index contributed by atoms with van der Waals surface area (Å²) in [5.74, 6) is -0.0338. The minimum absolute atomic E-state index is 0.0738. The average molecular weight is 600 g/mol. The van der Waals surface area contributed by atoms with Crippen LogP contribution in [0.15, 0.2) is 84.5 Å². The molecule has 4 aromatic rings. The number of aromatic nitrogens is 2. The fourth-order valence-electron chi connectivity index (χ4n) is 4.79. The second-order valence-electron chi connectivity index (χ2n) is 10.3. The van der Waals surface area contributed by atoms with E-state index < -0.39 is 17.0 Å². The van der Waals surface area contributed by atoms with Crippen LogP contribution in [0, 0.1) is 0 Å². The van der Waals surface area contributed by atoms with E-state index in [9.17, 15) is 14.4 Å². The molecule has 0 radical (unpaired) electrons. The first kappa shape index (κ1) is 27.9. The molecule has 2 fully saturated rings. The molecular formula is C31H29N5O4S2. The Balaban J connectivity index is 1.17. The maximum atomic E-state index is 13.6. The van der Waals surface area contributed by atoms with E-state index in [1.54, 1.807) is 24.5 Å². The van der Waals surface area contributed by atoms with Gasteiger partial charge in [-0.1, -0.05) is 42.5 Å². The van der Waals surface area contributed by atoms with E-state index in [2.05, 4.69) is 20.6 Å². The maximum absolute atomic E-state index is 13.6. The standard InChI is InChI=1S/C31H29N5O4S2/c1-31(23-13-15-32-16-14-23)36(30(39)40-17-20-5-3-2-4-6-20)26(19-42-31)28(38)35-29-34-25(18-41-29)21-7-9-22(10-8-21)27(37)33-24-11-12-24/h2-10,13-16,18,24,26H,11-12,17,19H2,1H3,(H,33,37)(H,34,35,38). The van der Waals surface area contributed by atoms with Gasteiger partial charge in [0.25, 0.3) is 5.91 Å². The summed E-state index contributed by atoms with van der Waals surface area (Å²) in [5, 5.41) is 8.17. The summed E-state index contributed by atoms with van der Waals surface area (Å²) in [6, 6.07) is 19.9. The van der Waals surface area contributed by atoms with Gasteiger partial charge >= 0.3 is 6.09 Å². The van der Waals surface area contributed by atoms with Crippen molar-refractivity contribution >= 4 is 46.1 Å². The average Bonchev–Trinajstić information content (AvgIpc) is 3.58. The van der Waals surface area contributed by atoms with Crippen molar-refractivity contribution < 1.29 is 19.1 Å². The van der Waals surface area contributed by atoms with Crippen molar-refractivity contribution in [3.05, 3.63) is 101 Å². The number of amides is 3. The number of carbonyl (C=O) groups is 3. The highest BCUT2D eigenvalue weighted by molar-refractivity contribution is 8.00. The van der Waals surface area contributed by atoms with Crippen LogP contribution in [0.1, 0.15) is 41.3 Å². The quantitative estimate of drug-likeness (QED) is 0.269. The number of hydrogen-bond donors (Lipinski definition) is 2. The number of hydrogen-bond acceptors (Lipinski definition) is 8. The Kier molecular flexibility index (Phi) is 7.94. The lowest BCUT2D eigenvalue weighted by Crippen LogP contribution is -2.51. The van der Waals surface area contributed by atoms with E-state index in [-0.39, 0.29) is 18.4 Å². The van der Waals surface area contributed by atoms with Crippen LogP contribution in [0.3, 0.4) is 0 Å². The Morgan fingerprint density at radius 2 is 1.76 bits per heavy atom. The lowest BCUT2D eigenvalue weighted by molar-refractivity contribution is -0.120. The number of thiazole rings is 1. The highest BCUT2D eigenvalue weighted by atomic mass is 32.2. The summed E-state index contributed by atoms with van der Waals surface area (Å²) in [4.78, 5) is 48.9. The summed E-state index contributed by atoms with van der Waals surface area (Å²) in [6.45, 7) is 2.01. The fourth-order valence-corrected chi connectivity index (χ4v) is 6.94. The smallest absolute Gasteiger partial charge is 0.412 e. The van der Waals surface area contributed by atoms with Gasteiger partial charge in [-0.2, -0.15) is 0 Å². The van der Waals surface area contributed by atoms with Crippen molar-refractivity contribution in [3.63, 3.8) is 0 Å². The van der Waals surface area contributed by atoms with E-state index in [4.69, 9.17) is 4.74 Å². The zero-order chi connectivity index (χ0) is 29.1. The lowest BCUT2D eigenvalue weighted by atomic mass is 10.1. The third kappa shape index (κ3) is 6.02. The van der Waals surface area contributed by atoms with E-state index in [0.29, 0.717) is 28.2 Å². The molecule has 1 aliphatic heterocycles. The van der Waals surface area contributed by atoms with Gasteiger partial charge in [0.05, 0.1) is 5.69 Å². The summed E-state index contributed by atoms with van der Waals surface area (Å²) < 4.78 is 5.71. The van der Waals surface area contributed by atoms with E-state index in [1.807, 2.05) is 66.9 Å². The van der Waals surface area contributed by atoms with Crippen LogP contribution in [0.25, 0.3) is 11.3 Å². The molecule has 2 aromatic carbocycles. The van der Waals surface area contributed by atoms with Crippen LogP contribution in [0.5, 0.6) is 0 Å². The predicted octanol–water partition coefficient (Wildman–Crippen LogP) is 5.66. The van der Waals surface area contributed by atoms with Gasteiger partial charge < -0.3 is 15.4 Å². The molecule has 3 heterocycles. The highest BCUT2D eigenvalue weighted by Gasteiger charge is 2.51. The molecule has 2 unspecified atom stereocenters. The van der Waals surface area contributed by atoms with Gasteiger partial charge in [-0.05, 0) is 55.2 Å². The Labute approximate surface area is 251 Å². The Bertz CT molecular complexity index is 1580. The molecule has 0 spiro atoms. The normalized spacial score (nSPS) is 19.7. The molecule has 2 aromatic heterocycles. The summed E-state index contributed by atoms with van der Waals surface area (Å²) in [7, 11) is 0. The molecule has 3 amide bonds. The minimum Gasteiger partial charge on any atom is -0.444 e. The molecule has 0 bridgehead atoms. The highest BCUT2D eigenvalue weighted by Crippen LogP contribution is 2.47. The summed E-state index contributed by atoms with van der Waals surface area (Å²) in [6.07, 6.45) is 4.84. The number of carbonyl (C=O) groups excluding carboxylic acids is 3. The first-order valence-electron chi connectivity index (χ1n) is 13.6. The third-order valence-corrected chi connectivity index (χ3v) is 9.54. The van der Waals surface area contributed by atoms with Gasteiger partial charge in [0.15, 0.2) is 5.13 Å². The number of nitrogens with zero attached hydrogens (tertiary/aromatic N) is 3. The number of nitrogens with one attached hydrogen (secondary N) is 2. The zero-order valence-electron chi connectivity index (χ0n) is 22.9. The molecule has 9 nitrogen and oxygen atoms in total. The van der Waals surface area contributed by atoms with Crippen molar-refractivity contribution in [2.45, 2.75) is 43.3 Å². The van der Waals surface area contributed by atoms with Crippen LogP contribution >= 0.6 is 23.1 Å². The topological polar surface area (TPSA) is 114 Å². The van der Waals surface area contributed by atoms with E-state index in [1.165, 1.54) is 28.0 Å². The molecule has 2 aliphatic rings.